The molecule has 1 aromatic carbocycles. The number of aromatic nitrogens is 1. The van der Waals surface area contributed by atoms with Crippen LogP contribution in [-0.4, -0.2) is 55.2 Å². The fourth-order valence-electron chi connectivity index (χ4n) is 3.10. The zero-order valence-electron chi connectivity index (χ0n) is 17.3. The van der Waals surface area contributed by atoms with Crippen LogP contribution in [0.1, 0.15) is 19.4 Å². The zero-order valence-corrected chi connectivity index (χ0v) is 19.7. The number of nitrogens with zero attached hydrogens (tertiary/aromatic N) is 4. The van der Waals surface area contributed by atoms with E-state index in [0.717, 1.165) is 49.0 Å². The molecule has 7 nitrogen and oxygen atoms in total. The van der Waals surface area contributed by atoms with Crippen molar-refractivity contribution in [1.82, 2.24) is 9.88 Å². The van der Waals surface area contributed by atoms with Gasteiger partial charge in [0.2, 0.25) is 0 Å². The van der Waals surface area contributed by atoms with Gasteiger partial charge in [-0.05, 0) is 51.2 Å². The van der Waals surface area contributed by atoms with Crippen LogP contribution in [-0.2, 0) is 6.54 Å². The number of hydrogen-bond donors (Lipinski definition) is 2. The van der Waals surface area contributed by atoms with Crippen LogP contribution in [0.3, 0.4) is 0 Å². The predicted molar refractivity (Wildman–Crippen MR) is 131 cm³/mol. The van der Waals surface area contributed by atoms with Gasteiger partial charge in [0.25, 0.3) is 0 Å². The summed E-state index contributed by atoms with van der Waals surface area (Å²) >= 11 is 0. The molecule has 0 spiro atoms. The van der Waals surface area contributed by atoms with Crippen LogP contribution >= 0.6 is 24.0 Å². The van der Waals surface area contributed by atoms with Gasteiger partial charge < -0.3 is 25.6 Å². The van der Waals surface area contributed by atoms with Crippen molar-refractivity contribution in [1.29, 1.82) is 0 Å². The number of aliphatic imine (C=N–C) groups is 1. The van der Waals surface area contributed by atoms with Gasteiger partial charge in [0, 0.05) is 43.6 Å². The first kappa shape index (κ1) is 23.2. The number of benzene rings is 1. The van der Waals surface area contributed by atoms with Crippen molar-refractivity contribution >= 4 is 41.4 Å². The van der Waals surface area contributed by atoms with Gasteiger partial charge in [0.15, 0.2) is 5.96 Å². The molecule has 3 N–H and O–H groups in total. The van der Waals surface area contributed by atoms with Crippen molar-refractivity contribution in [2.45, 2.75) is 26.5 Å². The molecule has 0 amide bonds. The van der Waals surface area contributed by atoms with E-state index in [2.05, 4.69) is 38.2 Å². The number of rotatable bonds is 6. The number of pyridine rings is 1. The van der Waals surface area contributed by atoms with E-state index in [-0.39, 0.29) is 30.1 Å². The maximum atomic E-state index is 6.09. The molecule has 0 saturated carbocycles. The molecule has 8 heteroatoms. The minimum absolute atomic E-state index is 0. The Balaban J connectivity index is 0.00000300. The molecule has 2 heterocycles. The van der Waals surface area contributed by atoms with E-state index in [1.807, 2.05) is 50.4 Å². The Bertz CT molecular complexity index is 788. The summed E-state index contributed by atoms with van der Waals surface area (Å²) in [5.74, 6) is 2.22. The number of nitrogens with two attached hydrogens (primary N) is 1. The van der Waals surface area contributed by atoms with Crippen LogP contribution in [0.15, 0.2) is 47.6 Å². The van der Waals surface area contributed by atoms with Crippen LogP contribution in [0.25, 0.3) is 0 Å². The van der Waals surface area contributed by atoms with Gasteiger partial charge in [-0.1, -0.05) is 6.07 Å². The summed E-state index contributed by atoms with van der Waals surface area (Å²) in [6.45, 7) is 8.53. The number of anilines is 2. The van der Waals surface area contributed by atoms with E-state index < -0.39 is 0 Å². The predicted octanol–water partition coefficient (Wildman–Crippen LogP) is 3.17. The van der Waals surface area contributed by atoms with E-state index in [4.69, 9.17) is 10.5 Å². The van der Waals surface area contributed by atoms with Gasteiger partial charge in [-0.15, -0.1) is 24.0 Å². The number of ether oxygens (including phenoxy) is 1. The highest BCUT2D eigenvalue weighted by molar-refractivity contribution is 14.0. The summed E-state index contributed by atoms with van der Waals surface area (Å²) in [7, 11) is 2.15. The first-order chi connectivity index (χ1) is 13.5. The van der Waals surface area contributed by atoms with Gasteiger partial charge >= 0.3 is 0 Å². The molecule has 0 bridgehead atoms. The minimum Gasteiger partial charge on any atom is -0.491 e. The van der Waals surface area contributed by atoms with Crippen molar-refractivity contribution in [3.05, 3.63) is 48.2 Å². The molecule has 1 fully saturated rings. The standard InChI is InChI=1S/C21H30N6O.HI/c1-16(2)28-19-8-6-18(7-9-19)25-21(22)24-15-17-5-4-10-23-20(17)27-13-11-26(3)12-14-27;/h4-10,16H,11-15H2,1-3H3,(H3,22,24,25);1H. The summed E-state index contributed by atoms with van der Waals surface area (Å²) in [5.41, 5.74) is 8.04. The van der Waals surface area contributed by atoms with Crippen LogP contribution in [0.4, 0.5) is 11.5 Å². The maximum Gasteiger partial charge on any atom is 0.193 e. The lowest BCUT2D eigenvalue weighted by Crippen LogP contribution is -2.45. The maximum absolute atomic E-state index is 6.09. The third kappa shape index (κ3) is 7.04. The molecule has 1 saturated heterocycles. The Morgan fingerprint density at radius 2 is 1.86 bits per heavy atom. The highest BCUT2D eigenvalue weighted by atomic mass is 127. The van der Waals surface area contributed by atoms with Gasteiger partial charge in [-0.2, -0.15) is 0 Å². The average molecular weight is 510 g/mol. The van der Waals surface area contributed by atoms with E-state index in [1.54, 1.807) is 0 Å². The van der Waals surface area contributed by atoms with Gasteiger partial charge in [0.1, 0.15) is 11.6 Å². The minimum atomic E-state index is 0. The summed E-state index contributed by atoms with van der Waals surface area (Å²) in [5, 5.41) is 3.13. The van der Waals surface area contributed by atoms with Gasteiger partial charge in [-0.3, -0.25) is 0 Å². The third-order valence-corrected chi connectivity index (χ3v) is 4.59. The first-order valence-corrected chi connectivity index (χ1v) is 9.72. The molecule has 2 aromatic rings. The van der Waals surface area contributed by atoms with Crippen LogP contribution < -0.4 is 20.7 Å². The molecule has 0 radical (unpaired) electrons. The second kappa shape index (κ2) is 11.2. The molecular weight excluding hydrogens is 479 g/mol. The van der Waals surface area contributed by atoms with Crippen molar-refractivity contribution in [3.63, 3.8) is 0 Å². The van der Waals surface area contributed by atoms with E-state index >= 15 is 0 Å². The fraction of sp³-hybridized carbons (Fsp3) is 0.429. The Labute approximate surface area is 190 Å². The Morgan fingerprint density at radius 3 is 2.52 bits per heavy atom. The molecule has 3 rings (SSSR count). The van der Waals surface area contributed by atoms with Gasteiger partial charge in [0.05, 0.1) is 12.6 Å². The number of likely N-dealkylation sites (N-methyl/N-ethyl adjacent to an activating group) is 1. The molecule has 0 aliphatic carbocycles. The Hall–Kier alpha value is -2.07. The molecule has 158 valence electrons. The van der Waals surface area contributed by atoms with Crippen LogP contribution in [0.5, 0.6) is 5.75 Å². The highest BCUT2D eigenvalue weighted by Crippen LogP contribution is 2.20. The molecular formula is C21H31IN6O. The van der Waals surface area contributed by atoms with Crippen LogP contribution in [0.2, 0.25) is 0 Å². The fourth-order valence-corrected chi connectivity index (χ4v) is 3.10. The molecule has 29 heavy (non-hydrogen) atoms. The van der Waals surface area contributed by atoms with E-state index in [9.17, 15) is 0 Å². The third-order valence-electron chi connectivity index (χ3n) is 4.59. The second-order valence-electron chi connectivity index (χ2n) is 7.29. The summed E-state index contributed by atoms with van der Waals surface area (Å²) < 4.78 is 5.65. The highest BCUT2D eigenvalue weighted by Gasteiger charge is 2.17. The zero-order chi connectivity index (χ0) is 19.9. The summed E-state index contributed by atoms with van der Waals surface area (Å²) in [6, 6.07) is 11.7. The Kier molecular flexibility index (Phi) is 8.97. The molecule has 0 atom stereocenters. The lowest BCUT2D eigenvalue weighted by molar-refractivity contribution is 0.242. The summed E-state index contributed by atoms with van der Waals surface area (Å²) in [4.78, 5) is 13.7. The first-order valence-electron chi connectivity index (χ1n) is 9.72. The SMILES string of the molecule is CC(C)Oc1ccc(NC(N)=NCc2cccnc2N2CCN(C)CC2)cc1.I. The average Bonchev–Trinajstić information content (AvgIpc) is 2.68. The van der Waals surface area contributed by atoms with Crippen molar-refractivity contribution in [2.75, 3.05) is 43.4 Å². The number of guanidine groups is 1. The quantitative estimate of drug-likeness (QED) is 0.353. The summed E-state index contributed by atoms with van der Waals surface area (Å²) in [6.07, 6.45) is 1.99. The molecule has 0 unspecified atom stereocenters. The lowest BCUT2D eigenvalue weighted by Gasteiger charge is -2.34. The molecule has 1 aliphatic heterocycles. The Morgan fingerprint density at radius 1 is 1.17 bits per heavy atom. The second-order valence-corrected chi connectivity index (χ2v) is 7.29. The molecule has 1 aliphatic rings. The lowest BCUT2D eigenvalue weighted by atomic mass is 10.2. The number of halogens is 1. The topological polar surface area (TPSA) is 79.0 Å². The number of nitrogens with one attached hydrogen (secondary N) is 1. The monoisotopic (exact) mass is 510 g/mol. The largest absolute Gasteiger partial charge is 0.491 e. The number of hydrogen-bond acceptors (Lipinski definition) is 5. The smallest absolute Gasteiger partial charge is 0.193 e. The van der Waals surface area contributed by atoms with Crippen molar-refractivity contribution < 1.29 is 4.74 Å². The van der Waals surface area contributed by atoms with Gasteiger partial charge in [-0.25, -0.2) is 9.98 Å². The van der Waals surface area contributed by atoms with E-state index in [1.165, 1.54) is 0 Å². The van der Waals surface area contributed by atoms with Crippen LogP contribution in [0, 0.1) is 0 Å². The van der Waals surface area contributed by atoms with E-state index in [0.29, 0.717) is 12.5 Å². The van der Waals surface area contributed by atoms with Crippen molar-refractivity contribution in [3.8, 4) is 5.75 Å². The molecule has 1 aromatic heterocycles. The normalized spacial score (nSPS) is 15.2. The van der Waals surface area contributed by atoms with Crippen molar-refractivity contribution in [2.24, 2.45) is 10.7 Å². The number of piperazine rings is 1.